The number of carbonyl (C=O) groups excluding carboxylic acids is 1. The van der Waals surface area contributed by atoms with Crippen LogP contribution < -0.4 is 0 Å². The summed E-state index contributed by atoms with van der Waals surface area (Å²) in [6, 6.07) is 0. The van der Waals surface area contributed by atoms with E-state index in [2.05, 4.69) is 6.58 Å². The summed E-state index contributed by atoms with van der Waals surface area (Å²) in [6.45, 7) is 8.67. The molecule has 1 rings (SSSR count). The molecule has 1 saturated heterocycles. The van der Waals surface area contributed by atoms with Crippen LogP contribution >= 0.6 is 0 Å². The second-order valence-corrected chi connectivity index (χ2v) is 4.16. The molecule has 0 spiro atoms. The van der Waals surface area contributed by atoms with E-state index in [1.165, 1.54) is 0 Å². The second-order valence-electron chi connectivity index (χ2n) is 4.16. The van der Waals surface area contributed by atoms with Crippen molar-refractivity contribution >= 4 is 5.97 Å². The SMILES string of the molecule is C=C(C)C(=O)OCC(C)OC[C@@H]1CCCO1. The van der Waals surface area contributed by atoms with Crippen LogP contribution in [0.4, 0.5) is 0 Å². The minimum atomic E-state index is -0.368. The maximum atomic E-state index is 11.1. The summed E-state index contributed by atoms with van der Waals surface area (Å²) in [5, 5.41) is 0. The van der Waals surface area contributed by atoms with Gasteiger partial charge in [0, 0.05) is 12.2 Å². The molecule has 0 aliphatic carbocycles. The predicted octanol–water partition coefficient (Wildman–Crippen LogP) is 1.69. The van der Waals surface area contributed by atoms with E-state index >= 15 is 0 Å². The number of hydrogen-bond donors (Lipinski definition) is 0. The molecule has 0 aromatic heterocycles. The summed E-state index contributed by atoms with van der Waals surface area (Å²) >= 11 is 0. The molecule has 0 aromatic rings. The number of hydrogen-bond acceptors (Lipinski definition) is 4. The molecular formula is C12H20O4. The monoisotopic (exact) mass is 228 g/mol. The Labute approximate surface area is 96.6 Å². The Kier molecular flexibility index (Phi) is 5.49. The Bertz CT molecular complexity index is 243. The molecule has 1 heterocycles. The molecular weight excluding hydrogens is 208 g/mol. The van der Waals surface area contributed by atoms with Crippen LogP contribution in [0, 0.1) is 0 Å². The Balaban J connectivity index is 2.08. The van der Waals surface area contributed by atoms with Crippen molar-refractivity contribution in [3.8, 4) is 0 Å². The molecule has 0 bridgehead atoms. The summed E-state index contributed by atoms with van der Waals surface area (Å²) in [4.78, 5) is 11.1. The smallest absolute Gasteiger partial charge is 0.333 e. The van der Waals surface area contributed by atoms with Gasteiger partial charge < -0.3 is 14.2 Å². The van der Waals surface area contributed by atoms with E-state index in [0.29, 0.717) is 12.2 Å². The summed E-state index contributed by atoms with van der Waals surface area (Å²) in [5.74, 6) is -0.368. The van der Waals surface area contributed by atoms with Crippen LogP contribution in [0.5, 0.6) is 0 Å². The summed E-state index contributed by atoms with van der Waals surface area (Å²) in [7, 11) is 0. The minimum Gasteiger partial charge on any atom is -0.460 e. The first kappa shape index (κ1) is 13.2. The fourth-order valence-electron chi connectivity index (χ4n) is 1.41. The van der Waals surface area contributed by atoms with Gasteiger partial charge in [0.25, 0.3) is 0 Å². The van der Waals surface area contributed by atoms with Crippen molar-refractivity contribution in [3.05, 3.63) is 12.2 Å². The topological polar surface area (TPSA) is 44.8 Å². The van der Waals surface area contributed by atoms with Gasteiger partial charge in [-0.1, -0.05) is 6.58 Å². The first-order valence-corrected chi connectivity index (χ1v) is 5.65. The van der Waals surface area contributed by atoms with Crippen molar-refractivity contribution in [1.82, 2.24) is 0 Å². The van der Waals surface area contributed by atoms with Crippen molar-refractivity contribution < 1.29 is 19.0 Å². The van der Waals surface area contributed by atoms with Gasteiger partial charge in [0.05, 0.1) is 18.8 Å². The van der Waals surface area contributed by atoms with Gasteiger partial charge in [-0.25, -0.2) is 4.79 Å². The van der Waals surface area contributed by atoms with Crippen LogP contribution in [0.1, 0.15) is 26.7 Å². The molecule has 4 heteroatoms. The normalized spacial score (nSPS) is 21.8. The lowest BCUT2D eigenvalue weighted by molar-refractivity contribution is -0.143. The van der Waals surface area contributed by atoms with Crippen LogP contribution in [-0.2, 0) is 19.0 Å². The van der Waals surface area contributed by atoms with Gasteiger partial charge in [0.2, 0.25) is 0 Å². The lowest BCUT2D eigenvalue weighted by Crippen LogP contribution is -2.24. The van der Waals surface area contributed by atoms with Gasteiger partial charge in [0.15, 0.2) is 0 Å². The highest BCUT2D eigenvalue weighted by Crippen LogP contribution is 2.12. The highest BCUT2D eigenvalue weighted by Gasteiger charge is 2.17. The summed E-state index contributed by atoms with van der Waals surface area (Å²) < 4.78 is 15.9. The second kappa shape index (κ2) is 6.66. The molecule has 1 fully saturated rings. The average molecular weight is 228 g/mol. The zero-order valence-electron chi connectivity index (χ0n) is 10.0. The third-order valence-corrected chi connectivity index (χ3v) is 2.39. The van der Waals surface area contributed by atoms with Crippen molar-refractivity contribution in [2.24, 2.45) is 0 Å². The largest absolute Gasteiger partial charge is 0.460 e. The van der Waals surface area contributed by atoms with Crippen LogP contribution in [0.2, 0.25) is 0 Å². The highest BCUT2D eigenvalue weighted by atomic mass is 16.6. The zero-order chi connectivity index (χ0) is 12.0. The van der Waals surface area contributed by atoms with E-state index < -0.39 is 0 Å². The molecule has 1 aliphatic rings. The molecule has 1 unspecified atom stereocenters. The van der Waals surface area contributed by atoms with E-state index in [4.69, 9.17) is 14.2 Å². The van der Waals surface area contributed by atoms with Crippen LogP contribution in [-0.4, -0.2) is 38.0 Å². The molecule has 0 aromatic carbocycles. The molecule has 16 heavy (non-hydrogen) atoms. The number of esters is 1. The maximum absolute atomic E-state index is 11.1. The first-order valence-electron chi connectivity index (χ1n) is 5.65. The van der Waals surface area contributed by atoms with Crippen LogP contribution in [0.15, 0.2) is 12.2 Å². The van der Waals surface area contributed by atoms with Crippen LogP contribution in [0.3, 0.4) is 0 Å². The standard InChI is InChI=1S/C12H20O4/c1-9(2)12(13)16-7-10(3)15-8-11-5-4-6-14-11/h10-11H,1,4-8H2,2-3H3/t10?,11-/m0/s1. The van der Waals surface area contributed by atoms with Gasteiger partial charge in [0.1, 0.15) is 6.61 Å². The van der Waals surface area contributed by atoms with Gasteiger partial charge >= 0.3 is 5.97 Å². The predicted molar refractivity (Wildman–Crippen MR) is 60.2 cm³/mol. The third kappa shape index (κ3) is 4.77. The maximum Gasteiger partial charge on any atom is 0.333 e. The van der Waals surface area contributed by atoms with Crippen molar-refractivity contribution in [2.45, 2.75) is 38.9 Å². The summed E-state index contributed by atoms with van der Waals surface area (Å²) in [5.41, 5.74) is 0.409. The average Bonchev–Trinajstić information content (AvgIpc) is 2.75. The van der Waals surface area contributed by atoms with Gasteiger partial charge in [-0.05, 0) is 26.7 Å². The zero-order valence-corrected chi connectivity index (χ0v) is 10.0. The molecule has 2 atom stereocenters. The molecule has 0 N–H and O–H groups in total. The van der Waals surface area contributed by atoms with E-state index in [1.54, 1.807) is 6.92 Å². The van der Waals surface area contributed by atoms with Crippen molar-refractivity contribution in [3.63, 3.8) is 0 Å². The van der Waals surface area contributed by atoms with Gasteiger partial charge in [-0.2, -0.15) is 0 Å². The highest BCUT2D eigenvalue weighted by molar-refractivity contribution is 5.86. The molecule has 0 saturated carbocycles. The Morgan fingerprint density at radius 2 is 2.38 bits per heavy atom. The minimum absolute atomic E-state index is 0.104. The van der Waals surface area contributed by atoms with E-state index in [-0.39, 0.29) is 24.8 Å². The molecule has 0 amide bonds. The van der Waals surface area contributed by atoms with Gasteiger partial charge in [-0.15, -0.1) is 0 Å². The molecule has 1 aliphatic heterocycles. The fourth-order valence-corrected chi connectivity index (χ4v) is 1.41. The number of carbonyl (C=O) groups is 1. The third-order valence-electron chi connectivity index (χ3n) is 2.39. The Morgan fingerprint density at radius 3 is 2.94 bits per heavy atom. The molecule has 4 nitrogen and oxygen atoms in total. The summed E-state index contributed by atoms with van der Waals surface area (Å²) in [6.07, 6.45) is 2.26. The Hall–Kier alpha value is -0.870. The van der Waals surface area contributed by atoms with Gasteiger partial charge in [-0.3, -0.25) is 0 Å². The van der Waals surface area contributed by atoms with Crippen molar-refractivity contribution in [2.75, 3.05) is 19.8 Å². The van der Waals surface area contributed by atoms with E-state index in [9.17, 15) is 4.79 Å². The van der Waals surface area contributed by atoms with Crippen molar-refractivity contribution in [1.29, 1.82) is 0 Å². The lowest BCUT2D eigenvalue weighted by atomic mass is 10.2. The fraction of sp³-hybridized carbons (Fsp3) is 0.750. The number of rotatable bonds is 6. The molecule has 92 valence electrons. The first-order chi connectivity index (χ1) is 7.59. The molecule has 0 radical (unpaired) electrons. The quantitative estimate of drug-likeness (QED) is 0.512. The van der Waals surface area contributed by atoms with Crippen LogP contribution in [0.25, 0.3) is 0 Å². The number of ether oxygens (including phenoxy) is 3. The van der Waals surface area contributed by atoms with E-state index in [0.717, 1.165) is 19.4 Å². The van der Waals surface area contributed by atoms with E-state index in [1.807, 2.05) is 6.92 Å². The Morgan fingerprint density at radius 1 is 1.62 bits per heavy atom. The lowest BCUT2D eigenvalue weighted by Gasteiger charge is -2.16.